The number of hydrogen-bond acceptors (Lipinski definition) is 5. The van der Waals surface area contributed by atoms with Crippen molar-refractivity contribution in [2.45, 2.75) is 30.2 Å². The maximum Gasteiger partial charge on any atom is 0.224 e. The number of amides is 1. The van der Waals surface area contributed by atoms with Gasteiger partial charge in [0, 0.05) is 29.5 Å². The molecule has 2 aliphatic rings. The molecule has 4 rings (SSSR count). The van der Waals surface area contributed by atoms with Crippen LogP contribution in [0.5, 0.6) is 5.75 Å². The Labute approximate surface area is 171 Å². The van der Waals surface area contributed by atoms with Gasteiger partial charge in [0.15, 0.2) is 0 Å². The van der Waals surface area contributed by atoms with Crippen LogP contribution in [0.4, 0.5) is 8.78 Å². The molecule has 2 aromatic carbocycles. The molecule has 1 fully saturated rings. The Bertz CT molecular complexity index is 965. The molecule has 0 aromatic heterocycles. The van der Waals surface area contributed by atoms with Gasteiger partial charge in [-0.1, -0.05) is 30.0 Å². The molecule has 2 aromatic rings. The third-order valence-electron chi connectivity index (χ3n) is 5.35. The zero-order chi connectivity index (χ0) is 20.6. The number of benzene rings is 2. The SMILES string of the molecule is N=C(SC1(NC(=O)C2CC(N)C2)CCOc2ccccc21)c1cc(F)ccc1F. The number of thioether (sulfide) groups is 1. The number of hydrogen-bond donors (Lipinski definition) is 3. The van der Waals surface area contributed by atoms with Gasteiger partial charge in [0.05, 0.1) is 11.7 Å². The first-order valence-corrected chi connectivity index (χ1v) is 10.2. The average molecular weight is 417 g/mol. The zero-order valence-electron chi connectivity index (χ0n) is 15.6. The minimum Gasteiger partial charge on any atom is -0.493 e. The number of halogens is 2. The number of carbonyl (C=O) groups excluding carboxylic acids is 1. The first-order chi connectivity index (χ1) is 13.9. The number of para-hydroxylation sites is 1. The van der Waals surface area contributed by atoms with E-state index in [1.165, 1.54) is 0 Å². The summed E-state index contributed by atoms with van der Waals surface area (Å²) in [5.74, 6) is -1.04. The van der Waals surface area contributed by atoms with Crippen LogP contribution >= 0.6 is 11.8 Å². The van der Waals surface area contributed by atoms with Crippen LogP contribution < -0.4 is 15.8 Å². The van der Waals surface area contributed by atoms with Crippen molar-refractivity contribution in [1.29, 1.82) is 5.41 Å². The summed E-state index contributed by atoms with van der Waals surface area (Å²) < 4.78 is 33.6. The minimum absolute atomic E-state index is 0.0241. The Balaban J connectivity index is 1.68. The quantitative estimate of drug-likeness (QED) is 0.404. The fourth-order valence-corrected chi connectivity index (χ4v) is 4.94. The smallest absolute Gasteiger partial charge is 0.224 e. The van der Waals surface area contributed by atoms with Crippen LogP contribution in [0.1, 0.15) is 30.4 Å². The lowest BCUT2D eigenvalue weighted by atomic mass is 9.80. The second-order valence-electron chi connectivity index (χ2n) is 7.39. The fourth-order valence-electron chi connectivity index (χ4n) is 3.70. The lowest BCUT2D eigenvalue weighted by Crippen LogP contribution is -2.53. The molecule has 1 atom stereocenters. The van der Waals surface area contributed by atoms with Crippen LogP contribution in [0.2, 0.25) is 0 Å². The maximum absolute atomic E-state index is 14.2. The summed E-state index contributed by atoms with van der Waals surface area (Å²) in [6.07, 6.45) is 1.61. The van der Waals surface area contributed by atoms with Crippen molar-refractivity contribution in [3.63, 3.8) is 0 Å². The van der Waals surface area contributed by atoms with Crippen molar-refractivity contribution in [3.05, 3.63) is 65.2 Å². The van der Waals surface area contributed by atoms with Crippen LogP contribution in [0.25, 0.3) is 0 Å². The fraction of sp³-hybridized carbons (Fsp3) is 0.333. The molecule has 0 spiro atoms. The second kappa shape index (κ2) is 7.76. The Morgan fingerprint density at radius 2 is 2.00 bits per heavy atom. The Morgan fingerprint density at radius 1 is 1.24 bits per heavy atom. The van der Waals surface area contributed by atoms with Crippen molar-refractivity contribution >= 4 is 22.7 Å². The molecule has 1 amide bonds. The van der Waals surface area contributed by atoms with Gasteiger partial charge >= 0.3 is 0 Å². The third kappa shape index (κ3) is 3.86. The highest BCUT2D eigenvalue weighted by Crippen LogP contribution is 2.46. The first kappa shape index (κ1) is 19.8. The second-order valence-corrected chi connectivity index (χ2v) is 8.70. The molecule has 1 aliphatic heterocycles. The Hall–Kier alpha value is -2.45. The molecule has 1 aliphatic carbocycles. The number of nitrogens with two attached hydrogens (primary N) is 1. The maximum atomic E-state index is 14.2. The van der Waals surface area contributed by atoms with E-state index >= 15 is 0 Å². The molecule has 152 valence electrons. The lowest BCUT2D eigenvalue weighted by molar-refractivity contribution is -0.129. The standard InChI is InChI=1S/C21H21F2N3O2S/c22-13-5-6-17(23)15(11-13)19(25)29-21(26-20(27)12-9-14(24)10-12)7-8-28-18-4-2-1-3-16(18)21/h1-6,11-12,14,25H,7-10,24H2,(H,26,27). The normalized spacial score (nSPS) is 25.3. The molecule has 0 bridgehead atoms. The van der Waals surface area contributed by atoms with Gasteiger partial charge in [0.25, 0.3) is 0 Å². The van der Waals surface area contributed by atoms with Gasteiger partial charge in [0.2, 0.25) is 5.91 Å². The molecule has 1 heterocycles. The minimum atomic E-state index is -1.01. The Kier molecular flexibility index (Phi) is 5.31. The van der Waals surface area contributed by atoms with Crippen LogP contribution in [-0.4, -0.2) is 23.6 Å². The number of fused-ring (bicyclic) bond motifs is 1. The summed E-state index contributed by atoms with van der Waals surface area (Å²) in [6, 6.07) is 10.3. The van der Waals surface area contributed by atoms with Crippen LogP contribution in [-0.2, 0) is 9.67 Å². The van der Waals surface area contributed by atoms with E-state index in [4.69, 9.17) is 15.9 Å². The van der Waals surface area contributed by atoms with Gasteiger partial charge < -0.3 is 15.8 Å². The van der Waals surface area contributed by atoms with Crippen LogP contribution in [0.15, 0.2) is 42.5 Å². The zero-order valence-corrected chi connectivity index (χ0v) is 16.4. The van der Waals surface area contributed by atoms with E-state index < -0.39 is 16.5 Å². The van der Waals surface area contributed by atoms with Crippen molar-refractivity contribution in [1.82, 2.24) is 5.32 Å². The molecule has 1 saturated carbocycles. The van der Waals surface area contributed by atoms with Gasteiger partial charge in [-0.05, 0) is 37.1 Å². The first-order valence-electron chi connectivity index (χ1n) is 9.41. The summed E-state index contributed by atoms with van der Waals surface area (Å²) in [4.78, 5) is 11.9. The van der Waals surface area contributed by atoms with Gasteiger partial charge in [-0.25, -0.2) is 8.78 Å². The molecule has 5 nitrogen and oxygen atoms in total. The monoisotopic (exact) mass is 417 g/mol. The molecule has 29 heavy (non-hydrogen) atoms. The van der Waals surface area contributed by atoms with Gasteiger partial charge in [0.1, 0.15) is 22.3 Å². The number of carbonyl (C=O) groups is 1. The van der Waals surface area contributed by atoms with E-state index in [1.54, 1.807) is 6.07 Å². The largest absolute Gasteiger partial charge is 0.493 e. The van der Waals surface area contributed by atoms with E-state index in [-0.39, 0.29) is 28.5 Å². The molecular formula is C21H21F2N3O2S. The Morgan fingerprint density at radius 3 is 2.76 bits per heavy atom. The number of ether oxygens (including phenoxy) is 1. The van der Waals surface area contributed by atoms with E-state index in [0.717, 1.165) is 30.0 Å². The van der Waals surface area contributed by atoms with Crippen LogP contribution in [0, 0.1) is 23.0 Å². The summed E-state index contributed by atoms with van der Waals surface area (Å²) in [5.41, 5.74) is 6.38. The van der Waals surface area contributed by atoms with Crippen LogP contribution in [0.3, 0.4) is 0 Å². The van der Waals surface area contributed by atoms with Crippen molar-refractivity contribution < 1.29 is 18.3 Å². The van der Waals surface area contributed by atoms with E-state index in [2.05, 4.69) is 5.32 Å². The molecular weight excluding hydrogens is 396 g/mol. The van der Waals surface area contributed by atoms with Crippen molar-refractivity contribution in [2.75, 3.05) is 6.61 Å². The number of rotatable bonds is 4. The van der Waals surface area contributed by atoms with E-state index in [1.807, 2.05) is 18.2 Å². The molecule has 0 radical (unpaired) electrons. The summed E-state index contributed by atoms with van der Waals surface area (Å²) in [5, 5.41) is 11.4. The highest BCUT2D eigenvalue weighted by molar-refractivity contribution is 8.15. The summed E-state index contributed by atoms with van der Waals surface area (Å²) in [7, 11) is 0. The van der Waals surface area contributed by atoms with E-state index in [0.29, 0.717) is 37.2 Å². The average Bonchev–Trinajstić information content (AvgIpc) is 2.67. The number of nitrogens with one attached hydrogen (secondary N) is 2. The van der Waals surface area contributed by atoms with Gasteiger partial charge in [-0.15, -0.1) is 0 Å². The van der Waals surface area contributed by atoms with Gasteiger partial charge in [-0.2, -0.15) is 0 Å². The summed E-state index contributed by atoms with van der Waals surface area (Å²) >= 11 is 1.00. The molecule has 8 heteroatoms. The highest BCUT2D eigenvalue weighted by atomic mass is 32.2. The molecule has 0 saturated heterocycles. The highest BCUT2D eigenvalue weighted by Gasteiger charge is 2.44. The topological polar surface area (TPSA) is 88.2 Å². The summed E-state index contributed by atoms with van der Waals surface area (Å²) in [6.45, 7) is 0.327. The predicted molar refractivity (Wildman–Crippen MR) is 108 cm³/mol. The third-order valence-corrected chi connectivity index (χ3v) is 6.65. The van der Waals surface area contributed by atoms with Gasteiger partial charge in [-0.3, -0.25) is 10.2 Å². The molecule has 4 N–H and O–H groups in total. The van der Waals surface area contributed by atoms with E-state index in [9.17, 15) is 13.6 Å². The molecule has 1 unspecified atom stereocenters. The predicted octanol–water partition coefficient (Wildman–Crippen LogP) is 3.51. The lowest BCUT2D eigenvalue weighted by Gasteiger charge is -2.41. The van der Waals surface area contributed by atoms with Crippen molar-refractivity contribution in [2.24, 2.45) is 11.7 Å². The van der Waals surface area contributed by atoms with Crippen molar-refractivity contribution in [3.8, 4) is 5.75 Å².